The average molecular weight is 521 g/mol. The topological polar surface area (TPSA) is 45.6 Å². The summed E-state index contributed by atoms with van der Waals surface area (Å²) < 4.78 is 28.8. The fourth-order valence-corrected chi connectivity index (χ4v) is 5.24. The van der Waals surface area contributed by atoms with Crippen LogP contribution in [0.3, 0.4) is 0 Å². The number of nitrogens with zero attached hydrogens (tertiary/aromatic N) is 3. The van der Waals surface area contributed by atoms with Crippen molar-refractivity contribution in [2.75, 3.05) is 33.2 Å². The molecule has 1 fully saturated rings. The third kappa shape index (κ3) is 4.98. The molecule has 0 spiro atoms. The highest BCUT2D eigenvalue weighted by Crippen LogP contribution is 2.26. The van der Waals surface area contributed by atoms with Gasteiger partial charge in [0.2, 0.25) is 0 Å². The van der Waals surface area contributed by atoms with E-state index in [9.17, 15) is 8.42 Å². The van der Waals surface area contributed by atoms with Crippen molar-refractivity contribution in [3.8, 4) is 0 Å². The van der Waals surface area contributed by atoms with Crippen LogP contribution in [0.1, 0.15) is 5.56 Å². The van der Waals surface area contributed by atoms with Crippen LogP contribution in [0.5, 0.6) is 0 Å². The molecule has 158 valence electrons. The number of likely N-dealkylation sites (N-methyl/N-ethyl adjacent to an activating group) is 1. The van der Waals surface area contributed by atoms with Crippen LogP contribution in [0, 0.1) is 0 Å². The number of benzene rings is 2. The summed E-state index contributed by atoms with van der Waals surface area (Å²) in [5.41, 5.74) is 1.69. The second-order valence-electron chi connectivity index (χ2n) is 7.01. The molecule has 1 aliphatic heterocycles. The average Bonchev–Trinajstić information content (AvgIpc) is 3.10. The van der Waals surface area contributed by atoms with Crippen LogP contribution in [-0.2, 0) is 16.6 Å². The van der Waals surface area contributed by atoms with Gasteiger partial charge in [-0.1, -0.05) is 34.1 Å². The fraction of sp³-hybridized carbons (Fsp3) is 0.300. The van der Waals surface area contributed by atoms with Crippen LogP contribution in [0.2, 0.25) is 0 Å². The molecule has 2 heterocycles. The Hall–Kier alpha value is -1.09. The van der Waals surface area contributed by atoms with E-state index in [1.165, 1.54) is 3.97 Å². The van der Waals surface area contributed by atoms with Gasteiger partial charge < -0.3 is 4.90 Å². The van der Waals surface area contributed by atoms with E-state index in [1.54, 1.807) is 18.3 Å². The molecule has 0 unspecified atom stereocenters. The van der Waals surface area contributed by atoms with E-state index in [0.717, 1.165) is 48.1 Å². The Morgan fingerprint density at radius 3 is 2.38 bits per heavy atom. The summed E-state index contributed by atoms with van der Waals surface area (Å²) in [5, 5.41) is 0.913. The van der Waals surface area contributed by atoms with Crippen LogP contribution in [-0.4, -0.2) is 55.4 Å². The number of rotatable bonds is 4. The first-order valence-corrected chi connectivity index (χ1v) is 11.2. The highest BCUT2D eigenvalue weighted by molar-refractivity contribution is 9.10. The minimum Gasteiger partial charge on any atom is -0.304 e. The number of hydrogen-bond acceptors (Lipinski definition) is 4. The third-order valence-electron chi connectivity index (χ3n) is 5.13. The molecule has 0 N–H and O–H groups in total. The van der Waals surface area contributed by atoms with E-state index in [-0.39, 0.29) is 24.8 Å². The first-order chi connectivity index (χ1) is 12.9. The maximum absolute atomic E-state index is 13.2. The fourth-order valence-electron chi connectivity index (χ4n) is 3.46. The molecule has 1 aromatic heterocycles. The van der Waals surface area contributed by atoms with Crippen molar-refractivity contribution in [2.45, 2.75) is 11.4 Å². The van der Waals surface area contributed by atoms with Crippen LogP contribution in [0.15, 0.2) is 64.1 Å². The third-order valence-corrected chi connectivity index (χ3v) is 7.59. The predicted molar refractivity (Wildman–Crippen MR) is 126 cm³/mol. The SMILES string of the molecule is CN1CCN(Cc2cc(S(=O)(=O)n3ccc4ccccc43)ccc2Br)CC1.Cl.Cl. The quantitative estimate of drug-likeness (QED) is 0.516. The molecule has 0 amide bonds. The molecule has 0 saturated carbocycles. The molecule has 0 radical (unpaired) electrons. The summed E-state index contributed by atoms with van der Waals surface area (Å²) in [5.74, 6) is 0. The summed E-state index contributed by atoms with van der Waals surface area (Å²) in [4.78, 5) is 4.99. The Labute approximate surface area is 192 Å². The van der Waals surface area contributed by atoms with Gasteiger partial charge >= 0.3 is 0 Å². The van der Waals surface area contributed by atoms with Gasteiger partial charge in [0, 0.05) is 48.8 Å². The smallest absolute Gasteiger partial charge is 0.268 e. The van der Waals surface area contributed by atoms with Crippen molar-refractivity contribution in [1.82, 2.24) is 13.8 Å². The van der Waals surface area contributed by atoms with E-state index < -0.39 is 10.0 Å². The predicted octanol–water partition coefficient (Wildman–Crippen LogP) is 4.23. The Kier molecular flexibility index (Phi) is 8.18. The normalized spacial score (nSPS) is 15.7. The van der Waals surface area contributed by atoms with Crippen LogP contribution >= 0.6 is 40.7 Å². The van der Waals surface area contributed by atoms with E-state index in [2.05, 4.69) is 32.8 Å². The highest BCUT2D eigenvalue weighted by Gasteiger charge is 2.21. The van der Waals surface area contributed by atoms with Crippen molar-refractivity contribution in [3.63, 3.8) is 0 Å². The summed E-state index contributed by atoms with van der Waals surface area (Å²) in [6.45, 7) is 4.78. The van der Waals surface area contributed by atoms with E-state index in [4.69, 9.17) is 0 Å². The first kappa shape index (κ1) is 24.2. The van der Waals surface area contributed by atoms with Crippen molar-refractivity contribution in [3.05, 3.63) is 64.8 Å². The summed E-state index contributed by atoms with van der Waals surface area (Å²) >= 11 is 3.59. The largest absolute Gasteiger partial charge is 0.304 e. The molecule has 1 saturated heterocycles. The van der Waals surface area contributed by atoms with Gasteiger partial charge in [0.05, 0.1) is 10.4 Å². The van der Waals surface area contributed by atoms with Crippen molar-refractivity contribution < 1.29 is 8.42 Å². The monoisotopic (exact) mass is 519 g/mol. The number of aromatic nitrogens is 1. The molecule has 0 aliphatic carbocycles. The molecule has 0 atom stereocenters. The molecule has 1 aliphatic rings. The lowest BCUT2D eigenvalue weighted by Gasteiger charge is -2.32. The zero-order valence-electron chi connectivity index (χ0n) is 16.0. The molecule has 3 aromatic rings. The Morgan fingerprint density at radius 2 is 1.66 bits per heavy atom. The lowest BCUT2D eigenvalue weighted by atomic mass is 10.2. The number of para-hydroxylation sites is 1. The van der Waals surface area contributed by atoms with Gasteiger partial charge in [0.15, 0.2) is 0 Å². The second kappa shape index (κ2) is 9.81. The van der Waals surface area contributed by atoms with E-state index >= 15 is 0 Å². The number of hydrogen-bond donors (Lipinski definition) is 0. The molecular weight excluding hydrogens is 497 g/mol. The lowest BCUT2D eigenvalue weighted by molar-refractivity contribution is 0.148. The van der Waals surface area contributed by atoms with E-state index in [1.807, 2.05) is 36.4 Å². The van der Waals surface area contributed by atoms with Gasteiger partial charge in [-0.05, 0) is 42.9 Å². The number of piperazine rings is 1. The number of halogens is 3. The number of fused-ring (bicyclic) bond motifs is 1. The van der Waals surface area contributed by atoms with Crippen LogP contribution in [0.4, 0.5) is 0 Å². The molecule has 9 heteroatoms. The van der Waals surface area contributed by atoms with Crippen LogP contribution < -0.4 is 0 Å². The van der Waals surface area contributed by atoms with Gasteiger partial charge in [-0.25, -0.2) is 12.4 Å². The Morgan fingerprint density at radius 1 is 0.966 bits per heavy atom. The minimum atomic E-state index is -3.64. The van der Waals surface area contributed by atoms with E-state index in [0.29, 0.717) is 10.4 Å². The van der Waals surface area contributed by atoms with Gasteiger partial charge in [0.1, 0.15) is 0 Å². The lowest BCUT2D eigenvalue weighted by Crippen LogP contribution is -2.43. The molecule has 4 rings (SSSR count). The zero-order chi connectivity index (χ0) is 19.0. The zero-order valence-corrected chi connectivity index (χ0v) is 20.0. The minimum absolute atomic E-state index is 0. The molecule has 5 nitrogen and oxygen atoms in total. The molecule has 0 bridgehead atoms. The van der Waals surface area contributed by atoms with Gasteiger partial charge in [-0.3, -0.25) is 4.90 Å². The Bertz CT molecular complexity index is 1080. The summed E-state index contributed by atoms with van der Waals surface area (Å²) in [7, 11) is -1.52. The highest BCUT2D eigenvalue weighted by atomic mass is 79.9. The van der Waals surface area contributed by atoms with Crippen molar-refractivity contribution in [1.29, 1.82) is 0 Å². The van der Waals surface area contributed by atoms with Gasteiger partial charge in [-0.2, -0.15) is 0 Å². The molecular formula is C20H24BrCl2N3O2S. The van der Waals surface area contributed by atoms with Crippen molar-refractivity contribution >= 4 is 61.7 Å². The van der Waals surface area contributed by atoms with Gasteiger partial charge in [-0.15, -0.1) is 24.8 Å². The summed E-state index contributed by atoms with van der Waals surface area (Å²) in [6, 6.07) is 14.6. The maximum atomic E-state index is 13.2. The standard InChI is InChI=1S/C20H22BrN3O2S.2ClH/c1-22-10-12-23(13-11-22)15-17-14-18(6-7-19(17)21)27(25,26)24-9-8-16-4-2-3-5-20(16)24;;/h2-9,14H,10-13,15H2,1H3;2*1H. The second-order valence-corrected chi connectivity index (χ2v) is 9.68. The van der Waals surface area contributed by atoms with Gasteiger partial charge in [0.25, 0.3) is 10.0 Å². The Balaban J connectivity index is 0.00000150. The first-order valence-electron chi connectivity index (χ1n) is 8.96. The summed E-state index contributed by atoms with van der Waals surface area (Å²) in [6.07, 6.45) is 1.63. The maximum Gasteiger partial charge on any atom is 0.268 e. The van der Waals surface area contributed by atoms with Crippen LogP contribution in [0.25, 0.3) is 10.9 Å². The van der Waals surface area contributed by atoms with Crippen molar-refractivity contribution in [2.24, 2.45) is 0 Å². The molecule has 2 aromatic carbocycles. The molecule has 29 heavy (non-hydrogen) atoms.